The molecule has 0 radical (unpaired) electrons. The van der Waals surface area contributed by atoms with E-state index in [2.05, 4.69) is 0 Å². The Morgan fingerprint density at radius 3 is 2.64 bits per heavy atom. The first kappa shape index (κ1) is 6.85. The van der Waals surface area contributed by atoms with Crippen LogP contribution in [0.3, 0.4) is 0 Å². The summed E-state index contributed by atoms with van der Waals surface area (Å²) in [5, 5.41) is 0. The second-order valence-electron chi connectivity index (χ2n) is 3.09. The molecule has 1 aromatic rings. The molecule has 2 N–H and O–H groups in total. The molecule has 11 heavy (non-hydrogen) atoms. The SMILES string of the molecule is NCC1(c2ccc(F)o2)CC1. The molecule has 1 fully saturated rings. The highest BCUT2D eigenvalue weighted by atomic mass is 19.1. The number of hydrogen-bond donors (Lipinski definition) is 1. The van der Waals surface area contributed by atoms with Crippen molar-refractivity contribution in [1.29, 1.82) is 0 Å². The van der Waals surface area contributed by atoms with Crippen LogP contribution in [0, 0.1) is 6.01 Å². The zero-order chi connectivity index (χ0) is 7.90. The average molecular weight is 155 g/mol. The number of halogens is 1. The predicted octanol–water partition coefficient (Wildman–Crippen LogP) is 1.41. The van der Waals surface area contributed by atoms with Crippen LogP contribution in [0.2, 0.25) is 0 Å². The van der Waals surface area contributed by atoms with Crippen LogP contribution in [0.1, 0.15) is 18.6 Å². The third-order valence-corrected chi connectivity index (χ3v) is 2.34. The Morgan fingerprint density at radius 1 is 1.55 bits per heavy atom. The molecule has 2 nitrogen and oxygen atoms in total. The zero-order valence-electron chi connectivity index (χ0n) is 6.14. The van der Waals surface area contributed by atoms with Gasteiger partial charge in [0.05, 0.1) is 0 Å². The maximum absolute atomic E-state index is 12.4. The maximum atomic E-state index is 12.4. The van der Waals surface area contributed by atoms with Gasteiger partial charge in [-0.1, -0.05) is 0 Å². The van der Waals surface area contributed by atoms with E-state index in [1.807, 2.05) is 0 Å². The Labute approximate surface area is 64.2 Å². The van der Waals surface area contributed by atoms with Gasteiger partial charge in [-0.05, 0) is 18.9 Å². The van der Waals surface area contributed by atoms with Gasteiger partial charge in [0.1, 0.15) is 5.76 Å². The zero-order valence-corrected chi connectivity index (χ0v) is 6.14. The van der Waals surface area contributed by atoms with E-state index in [0.717, 1.165) is 12.8 Å². The summed E-state index contributed by atoms with van der Waals surface area (Å²) in [5.41, 5.74) is 5.50. The van der Waals surface area contributed by atoms with Crippen LogP contribution in [0.15, 0.2) is 16.5 Å². The highest BCUT2D eigenvalue weighted by molar-refractivity contribution is 5.22. The molecule has 0 aromatic carbocycles. The van der Waals surface area contributed by atoms with Crippen LogP contribution in [-0.2, 0) is 5.41 Å². The third kappa shape index (κ3) is 0.959. The van der Waals surface area contributed by atoms with E-state index in [0.29, 0.717) is 12.3 Å². The molecular formula is C8H10FNO. The molecule has 1 aliphatic rings. The molecule has 0 unspecified atom stereocenters. The number of furan rings is 1. The molecule has 2 rings (SSSR count). The van der Waals surface area contributed by atoms with Gasteiger partial charge < -0.3 is 10.2 Å². The summed E-state index contributed by atoms with van der Waals surface area (Å²) in [4.78, 5) is 0. The van der Waals surface area contributed by atoms with Crippen molar-refractivity contribution in [3.05, 3.63) is 23.9 Å². The minimum absolute atomic E-state index is 0.0235. The van der Waals surface area contributed by atoms with Crippen LogP contribution in [-0.4, -0.2) is 6.54 Å². The Balaban J connectivity index is 2.29. The van der Waals surface area contributed by atoms with Gasteiger partial charge in [-0.2, -0.15) is 4.39 Å². The molecule has 3 heteroatoms. The highest BCUT2D eigenvalue weighted by Crippen LogP contribution is 2.47. The smallest absolute Gasteiger partial charge is 0.277 e. The Kier molecular flexibility index (Phi) is 1.29. The fourth-order valence-electron chi connectivity index (χ4n) is 1.30. The second-order valence-corrected chi connectivity index (χ2v) is 3.09. The van der Waals surface area contributed by atoms with Crippen LogP contribution in [0.25, 0.3) is 0 Å². The van der Waals surface area contributed by atoms with Gasteiger partial charge in [-0.3, -0.25) is 0 Å². The lowest BCUT2D eigenvalue weighted by atomic mass is 10.1. The maximum Gasteiger partial charge on any atom is 0.277 e. The first-order chi connectivity index (χ1) is 5.27. The molecule has 60 valence electrons. The normalized spacial score (nSPS) is 20.2. The highest BCUT2D eigenvalue weighted by Gasteiger charge is 2.45. The van der Waals surface area contributed by atoms with Gasteiger partial charge in [0.2, 0.25) is 0 Å². The van der Waals surface area contributed by atoms with Crippen molar-refractivity contribution in [2.24, 2.45) is 5.73 Å². The van der Waals surface area contributed by atoms with Gasteiger partial charge in [0, 0.05) is 18.0 Å². The van der Waals surface area contributed by atoms with Crippen LogP contribution in [0.5, 0.6) is 0 Å². The fraction of sp³-hybridized carbons (Fsp3) is 0.500. The second kappa shape index (κ2) is 2.08. The molecule has 0 atom stereocenters. The first-order valence-electron chi connectivity index (χ1n) is 3.73. The first-order valence-corrected chi connectivity index (χ1v) is 3.73. The summed E-state index contributed by atoms with van der Waals surface area (Å²) in [7, 11) is 0. The summed E-state index contributed by atoms with van der Waals surface area (Å²) in [6, 6.07) is 2.50. The average Bonchev–Trinajstić information content (AvgIpc) is 2.70. The molecule has 1 aliphatic carbocycles. The quantitative estimate of drug-likeness (QED) is 0.701. The van der Waals surface area contributed by atoms with Crippen molar-refractivity contribution >= 4 is 0 Å². The lowest BCUT2D eigenvalue weighted by Gasteiger charge is -2.06. The molecule has 0 aliphatic heterocycles. The molecule has 1 aromatic heterocycles. The van der Waals surface area contributed by atoms with Crippen molar-refractivity contribution in [3.63, 3.8) is 0 Å². The van der Waals surface area contributed by atoms with Crippen molar-refractivity contribution in [3.8, 4) is 0 Å². The summed E-state index contributed by atoms with van der Waals surface area (Å²) in [6.07, 6.45) is 2.05. The number of hydrogen-bond acceptors (Lipinski definition) is 2. The van der Waals surface area contributed by atoms with Crippen molar-refractivity contribution in [2.75, 3.05) is 6.54 Å². The van der Waals surface area contributed by atoms with Crippen molar-refractivity contribution < 1.29 is 8.81 Å². The standard InChI is InChI=1S/C8H10FNO/c9-7-2-1-6(11-7)8(5-10)3-4-8/h1-2H,3-5,10H2. The van der Waals surface area contributed by atoms with Gasteiger partial charge in [0.15, 0.2) is 0 Å². The predicted molar refractivity (Wildman–Crippen MR) is 38.6 cm³/mol. The summed E-state index contributed by atoms with van der Waals surface area (Å²) in [6.45, 7) is 0.556. The molecule has 1 saturated carbocycles. The Morgan fingerprint density at radius 2 is 2.27 bits per heavy atom. The Bertz CT molecular complexity index is 265. The lowest BCUT2D eigenvalue weighted by Crippen LogP contribution is -2.18. The number of rotatable bonds is 2. The fourth-order valence-corrected chi connectivity index (χ4v) is 1.30. The van der Waals surface area contributed by atoms with Crippen molar-refractivity contribution in [2.45, 2.75) is 18.3 Å². The minimum atomic E-state index is -0.514. The van der Waals surface area contributed by atoms with Gasteiger partial charge >= 0.3 is 0 Å². The molecule has 0 amide bonds. The summed E-state index contributed by atoms with van der Waals surface area (Å²) >= 11 is 0. The lowest BCUT2D eigenvalue weighted by molar-refractivity contribution is 0.319. The minimum Gasteiger partial charge on any atom is -0.436 e. The van der Waals surface area contributed by atoms with E-state index in [1.165, 1.54) is 6.07 Å². The van der Waals surface area contributed by atoms with Crippen molar-refractivity contribution in [1.82, 2.24) is 0 Å². The van der Waals surface area contributed by atoms with Gasteiger partial charge in [-0.25, -0.2) is 0 Å². The van der Waals surface area contributed by atoms with E-state index in [1.54, 1.807) is 6.07 Å². The molecule has 0 saturated heterocycles. The molecular weight excluding hydrogens is 145 g/mol. The van der Waals surface area contributed by atoms with E-state index >= 15 is 0 Å². The van der Waals surface area contributed by atoms with Crippen LogP contribution in [0.4, 0.5) is 4.39 Å². The Hall–Kier alpha value is -0.830. The summed E-state index contributed by atoms with van der Waals surface area (Å²) in [5.74, 6) is 0.706. The van der Waals surface area contributed by atoms with E-state index in [9.17, 15) is 4.39 Å². The van der Waals surface area contributed by atoms with Gasteiger partial charge in [0.25, 0.3) is 6.01 Å². The third-order valence-electron chi connectivity index (χ3n) is 2.34. The topological polar surface area (TPSA) is 39.2 Å². The molecule has 0 spiro atoms. The van der Waals surface area contributed by atoms with E-state index in [4.69, 9.17) is 10.2 Å². The molecule has 1 heterocycles. The largest absolute Gasteiger partial charge is 0.436 e. The summed E-state index contributed by atoms with van der Waals surface area (Å²) < 4.78 is 17.3. The molecule has 0 bridgehead atoms. The van der Waals surface area contributed by atoms with E-state index < -0.39 is 6.01 Å². The number of nitrogens with two attached hydrogens (primary N) is 1. The van der Waals surface area contributed by atoms with Crippen LogP contribution < -0.4 is 5.73 Å². The van der Waals surface area contributed by atoms with E-state index in [-0.39, 0.29) is 5.41 Å². The van der Waals surface area contributed by atoms with Crippen LogP contribution >= 0.6 is 0 Å². The van der Waals surface area contributed by atoms with Gasteiger partial charge in [-0.15, -0.1) is 0 Å². The monoisotopic (exact) mass is 155 g/mol.